The van der Waals surface area contributed by atoms with Crippen LogP contribution in [0.3, 0.4) is 0 Å². The van der Waals surface area contributed by atoms with Crippen LogP contribution in [0.2, 0.25) is 0 Å². The van der Waals surface area contributed by atoms with E-state index in [9.17, 15) is 9.59 Å². The van der Waals surface area contributed by atoms with Crippen molar-refractivity contribution in [2.75, 3.05) is 11.9 Å². The van der Waals surface area contributed by atoms with Crippen LogP contribution in [0.5, 0.6) is 0 Å². The van der Waals surface area contributed by atoms with Crippen LogP contribution in [-0.2, 0) is 4.74 Å². The average molecular weight is 465 g/mol. The first kappa shape index (κ1) is 17.9. The second-order valence-electron chi connectivity index (χ2n) is 5.47. The lowest BCUT2D eigenvalue weighted by atomic mass is 10.1. The van der Waals surface area contributed by atoms with E-state index in [-0.39, 0.29) is 11.9 Å². The lowest BCUT2D eigenvalue weighted by Crippen LogP contribution is -2.13. The molecule has 0 atom stereocenters. The van der Waals surface area contributed by atoms with Crippen molar-refractivity contribution < 1.29 is 14.3 Å². The highest BCUT2D eigenvalue weighted by Gasteiger charge is 2.14. The number of thiophene rings is 1. The van der Waals surface area contributed by atoms with Crippen molar-refractivity contribution in [1.29, 1.82) is 0 Å². The summed E-state index contributed by atoms with van der Waals surface area (Å²) in [6.07, 6.45) is 0. The summed E-state index contributed by atoms with van der Waals surface area (Å²) in [6.45, 7) is 4.11. The van der Waals surface area contributed by atoms with E-state index in [0.29, 0.717) is 22.7 Å². The molecule has 0 unspecified atom stereocenters. The normalized spacial score (nSPS) is 10.7. The van der Waals surface area contributed by atoms with Gasteiger partial charge in [-0.2, -0.15) is 0 Å². The Morgan fingerprint density at radius 1 is 1.20 bits per heavy atom. The fraction of sp³-hybridized carbons (Fsp3) is 0.158. The topological polar surface area (TPSA) is 55.4 Å². The number of ether oxygens (including phenoxy) is 1. The summed E-state index contributed by atoms with van der Waals surface area (Å²) in [7, 11) is 0. The van der Waals surface area contributed by atoms with Gasteiger partial charge < -0.3 is 10.1 Å². The van der Waals surface area contributed by atoms with Crippen LogP contribution in [-0.4, -0.2) is 18.5 Å². The molecule has 0 radical (unpaired) electrons. The van der Waals surface area contributed by atoms with Gasteiger partial charge in [-0.3, -0.25) is 4.79 Å². The number of nitrogens with one attached hydrogen (secondary N) is 1. The molecule has 2 aromatic carbocycles. The average Bonchev–Trinajstić information content (AvgIpc) is 3.01. The minimum atomic E-state index is -0.316. The molecule has 1 heterocycles. The summed E-state index contributed by atoms with van der Waals surface area (Å²) in [5, 5.41) is 3.83. The number of hydrogen-bond donors (Lipinski definition) is 1. The van der Waals surface area contributed by atoms with E-state index in [1.165, 1.54) is 11.3 Å². The molecule has 3 rings (SSSR count). The number of carbonyl (C=O) groups excluding carboxylic acids is 2. The molecular weight excluding hydrogens is 449 g/mol. The fourth-order valence-corrected chi connectivity index (χ4v) is 3.99. The fourth-order valence-electron chi connectivity index (χ4n) is 2.45. The molecule has 3 aromatic rings. The van der Waals surface area contributed by atoms with Gasteiger partial charge in [0, 0.05) is 14.0 Å². The number of rotatable bonds is 4. The van der Waals surface area contributed by atoms with Gasteiger partial charge in [-0.05, 0) is 77.7 Å². The second kappa shape index (κ2) is 7.53. The maximum Gasteiger partial charge on any atom is 0.348 e. The van der Waals surface area contributed by atoms with Crippen molar-refractivity contribution in [3.63, 3.8) is 0 Å². The largest absolute Gasteiger partial charge is 0.462 e. The molecule has 0 aliphatic rings. The summed E-state index contributed by atoms with van der Waals surface area (Å²) >= 11 is 3.57. The predicted octanol–water partition coefficient (Wildman–Crippen LogP) is 5.24. The number of amides is 1. The third kappa shape index (κ3) is 3.85. The van der Waals surface area contributed by atoms with Gasteiger partial charge in [0.15, 0.2) is 0 Å². The molecule has 1 N–H and O–H groups in total. The van der Waals surface area contributed by atoms with E-state index in [1.54, 1.807) is 13.0 Å². The van der Waals surface area contributed by atoms with E-state index >= 15 is 0 Å². The van der Waals surface area contributed by atoms with Crippen LogP contribution in [0.25, 0.3) is 10.1 Å². The Bertz CT molecular complexity index is 964. The number of hydrogen-bond acceptors (Lipinski definition) is 4. The summed E-state index contributed by atoms with van der Waals surface area (Å²) in [4.78, 5) is 24.9. The highest BCUT2D eigenvalue weighted by atomic mass is 127. The molecule has 0 aliphatic carbocycles. The van der Waals surface area contributed by atoms with Crippen LogP contribution >= 0.6 is 33.9 Å². The SMILES string of the molecule is CCOC(=O)c1cc2cc(NC(=O)c3cccc(C)c3I)ccc2s1. The van der Waals surface area contributed by atoms with E-state index in [1.807, 2.05) is 43.3 Å². The van der Waals surface area contributed by atoms with E-state index in [0.717, 1.165) is 19.2 Å². The van der Waals surface area contributed by atoms with Crippen LogP contribution in [0, 0.1) is 10.5 Å². The lowest BCUT2D eigenvalue weighted by molar-refractivity contribution is 0.0532. The number of halogens is 1. The Morgan fingerprint density at radius 2 is 2.00 bits per heavy atom. The zero-order chi connectivity index (χ0) is 18.0. The minimum Gasteiger partial charge on any atom is -0.462 e. The standard InChI is InChI=1S/C19H16INO3S/c1-3-24-19(23)16-10-12-9-13(7-8-15(12)25-16)21-18(22)14-6-4-5-11(2)17(14)20/h4-10H,3H2,1-2H3,(H,21,22). The van der Waals surface area contributed by atoms with Gasteiger partial charge in [-0.15, -0.1) is 11.3 Å². The van der Waals surface area contributed by atoms with Gasteiger partial charge in [-0.1, -0.05) is 12.1 Å². The van der Waals surface area contributed by atoms with Gasteiger partial charge in [0.05, 0.1) is 12.2 Å². The van der Waals surface area contributed by atoms with Crippen molar-refractivity contribution in [2.45, 2.75) is 13.8 Å². The van der Waals surface area contributed by atoms with Gasteiger partial charge in [0.2, 0.25) is 0 Å². The Kier molecular flexibility index (Phi) is 5.39. The Hall–Kier alpha value is -1.93. The summed E-state index contributed by atoms with van der Waals surface area (Å²) in [5.41, 5.74) is 2.42. The van der Waals surface area contributed by atoms with Crippen molar-refractivity contribution in [2.24, 2.45) is 0 Å². The van der Waals surface area contributed by atoms with Crippen LogP contribution in [0.1, 0.15) is 32.5 Å². The van der Waals surface area contributed by atoms with E-state index in [2.05, 4.69) is 27.9 Å². The zero-order valence-corrected chi connectivity index (χ0v) is 16.7. The number of benzene rings is 2. The number of carbonyl (C=O) groups is 2. The van der Waals surface area contributed by atoms with Crippen molar-refractivity contribution in [1.82, 2.24) is 0 Å². The van der Waals surface area contributed by atoms with E-state index in [4.69, 9.17) is 4.74 Å². The molecule has 4 nitrogen and oxygen atoms in total. The van der Waals surface area contributed by atoms with Gasteiger partial charge in [0.25, 0.3) is 5.91 Å². The second-order valence-corrected chi connectivity index (χ2v) is 7.64. The third-order valence-corrected chi connectivity index (χ3v) is 6.22. The van der Waals surface area contributed by atoms with Crippen molar-refractivity contribution >= 4 is 61.6 Å². The molecule has 1 amide bonds. The highest BCUT2D eigenvalue weighted by molar-refractivity contribution is 14.1. The predicted molar refractivity (Wildman–Crippen MR) is 110 cm³/mol. The van der Waals surface area contributed by atoms with Crippen LogP contribution in [0.4, 0.5) is 5.69 Å². The Morgan fingerprint density at radius 3 is 2.76 bits per heavy atom. The quantitative estimate of drug-likeness (QED) is 0.424. The molecule has 25 heavy (non-hydrogen) atoms. The van der Waals surface area contributed by atoms with Crippen molar-refractivity contribution in [3.05, 3.63) is 62.0 Å². The van der Waals surface area contributed by atoms with Gasteiger partial charge in [-0.25, -0.2) is 4.79 Å². The number of aryl methyl sites for hydroxylation is 1. The first-order valence-corrected chi connectivity index (χ1v) is 9.66. The van der Waals surface area contributed by atoms with Gasteiger partial charge in [0.1, 0.15) is 4.88 Å². The Labute approximate surface area is 163 Å². The smallest absolute Gasteiger partial charge is 0.348 e. The molecule has 0 aliphatic heterocycles. The monoisotopic (exact) mass is 465 g/mol. The number of anilines is 1. The summed E-state index contributed by atoms with van der Waals surface area (Å²) in [5.74, 6) is -0.461. The van der Waals surface area contributed by atoms with Crippen LogP contribution in [0.15, 0.2) is 42.5 Å². The molecule has 0 bridgehead atoms. The molecule has 0 fully saturated rings. The zero-order valence-electron chi connectivity index (χ0n) is 13.8. The molecule has 0 saturated carbocycles. The third-order valence-electron chi connectivity index (χ3n) is 3.69. The first-order chi connectivity index (χ1) is 12.0. The molecule has 0 saturated heterocycles. The first-order valence-electron chi connectivity index (χ1n) is 7.76. The lowest BCUT2D eigenvalue weighted by Gasteiger charge is -2.08. The molecule has 0 spiro atoms. The molecule has 6 heteroatoms. The Balaban J connectivity index is 1.85. The summed E-state index contributed by atoms with van der Waals surface area (Å²) < 4.78 is 6.96. The van der Waals surface area contributed by atoms with Gasteiger partial charge >= 0.3 is 5.97 Å². The van der Waals surface area contributed by atoms with Crippen LogP contribution < -0.4 is 5.32 Å². The van der Waals surface area contributed by atoms with E-state index < -0.39 is 0 Å². The maximum absolute atomic E-state index is 12.5. The number of fused-ring (bicyclic) bond motifs is 1. The molecular formula is C19H16INO3S. The van der Waals surface area contributed by atoms with Crippen molar-refractivity contribution in [3.8, 4) is 0 Å². The summed E-state index contributed by atoms with van der Waals surface area (Å²) in [6, 6.07) is 13.1. The highest BCUT2D eigenvalue weighted by Crippen LogP contribution is 2.29. The minimum absolute atomic E-state index is 0.145. The molecule has 128 valence electrons. The maximum atomic E-state index is 12.5. The number of esters is 1. The molecule has 1 aromatic heterocycles.